The summed E-state index contributed by atoms with van der Waals surface area (Å²) in [5.41, 5.74) is -6.44. The van der Waals surface area contributed by atoms with Crippen molar-refractivity contribution in [3.05, 3.63) is 61.3 Å². The van der Waals surface area contributed by atoms with Crippen molar-refractivity contribution in [2.45, 2.75) is 6.18 Å². The van der Waals surface area contributed by atoms with E-state index < -0.39 is 46.1 Å². The third kappa shape index (κ3) is 2.76. The molecule has 23 heavy (non-hydrogen) atoms. The fraction of sp³-hybridized carbons (Fsp3) is 0.167. The van der Waals surface area contributed by atoms with Crippen molar-refractivity contribution in [2.24, 2.45) is 12.2 Å². The zero-order valence-electron chi connectivity index (χ0n) is 11.2. The van der Waals surface area contributed by atoms with Gasteiger partial charge in [0.15, 0.2) is 5.82 Å². The lowest BCUT2D eigenvalue weighted by Crippen LogP contribution is -2.41. The first kappa shape index (κ1) is 16.5. The molecule has 0 aliphatic carbocycles. The summed E-state index contributed by atoms with van der Waals surface area (Å²) in [4.78, 5) is 33.9. The Bertz CT molecular complexity index is 914. The largest absolute Gasteiger partial charge is 0.431 e. The molecule has 0 bridgehead atoms. The van der Waals surface area contributed by atoms with Gasteiger partial charge in [-0.25, -0.2) is 18.1 Å². The van der Waals surface area contributed by atoms with E-state index in [1.807, 2.05) is 0 Å². The maximum Gasteiger partial charge on any atom is 0.431 e. The lowest BCUT2D eigenvalue weighted by molar-refractivity contribution is -0.144. The van der Waals surface area contributed by atoms with Gasteiger partial charge >= 0.3 is 11.9 Å². The average molecular weight is 335 g/mol. The predicted molar refractivity (Wildman–Crippen MR) is 67.7 cm³/mol. The van der Waals surface area contributed by atoms with Crippen LogP contribution in [0, 0.1) is 16.5 Å². The molecule has 6 nitrogen and oxygen atoms in total. The van der Waals surface area contributed by atoms with Crippen LogP contribution in [0.4, 0.5) is 27.6 Å². The number of nitroso groups, excluding NO2 is 1. The van der Waals surface area contributed by atoms with Gasteiger partial charge in [0.1, 0.15) is 17.2 Å². The van der Waals surface area contributed by atoms with Crippen LogP contribution in [0.15, 0.2) is 33.0 Å². The molecule has 2 aromatic rings. The number of aromatic nitrogens is 2. The number of rotatable bonds is 2. The topological polar surface area (TPSA) is 73.4 Å². The summed E-state index contributed by atoms with van der Waals surface area (Å²) in [6.07, 6.45) is -4.98. The molecule has 0 saturated heterocycles. The molecule has 1 aromatic carbocycles. The van der Waals surface area contributed by atoms with E-state index in [1.165, 1.54) is 0 Å². The summed E-state index contributed by atoms with van der Waals surface area (Å²) in [6, 6.07) is 0.716. The zero-order valence-corrected chi connectivity index (χ0v) is 11.2. The molecule has 1 heterocycles. The Morgan fingerprint density at radius 3 is 2.17 bits per heavy atom. The van der Waals surface area contributed by atoms with Gasteiger partial charge in [0.05, 0.1) is 5.69 Å². The highest BCUT2D eigenvalue weighted by molar-refractivity contribution is 5.47. The second-order valence-electron chi connectivity index (χ2n) is 4.39. The maximum absolute atomic E-state index is 13.8. The Labute approximate surface area is 123 Å². The van der Waals surface area contributed by atoms with E-state index in [0.29, 0.717) is 12.1 Å². The Hall–Kier alpha value is -2.85. The van der Waals surface area contributed by atoms with E-state index in [0.717, 1.165) is 7.05 Å². The summed E-state index contributed by atoms with van der Waals surface area (Å²) in [5, 5.41) is 2.19. The molecule has 0 aliphatic rings. The molecule has 0 saturated carbocycles. The van der Waals surface area contributed by atoms with Gasteiger partial charge in [0.25, 0.3) is 5.56 Å². The first-order valence-electron chi connectivity index (χ1n) is 5.81. The van der Waals surface area contributed by atoms with Gasteiger partial charge in [0, 0.05) is 25.2 Å². The Balaban J connectivity index is 2.84. The summed E-state index contributed by atoms with van der Waals surface area (Å²) >= 11 is 0. The molecule has 0 spiro atoms. The molecule has 0 radical (unpaired) electrons. The molecule has 11 heteroatoms. The molecule has 0 unspecified atom stereocenters. The third-order valence-electron chi connectivity index (χ3n) is 2.97. The molecule has 0 amide bonds. The smallest absolute Gasteiger partial charge is 0.292 e. The first-order valence-corrected chi connectivity index (χ1v) is 5.81. The number of hydrogen-bond acceptors (Lipinski definition) is 4. The van der Waals surface area contributed by atoms with Crippen LogP contribution in [-0.2, 0) is 13.2 Å². The molecule has 2 rings (SSSR count). The van der Waals surface area contributed by atoms with Gasteiger partial charge in [-0.1, -0.05) is 0 Å². The second kappa shape index (κ2) is 5.41. The maximum atomic E-state index is 13.8. The van der Waals surface area contributed by atoms with E-state index in [2.05, 4.69) is 5.18 Å². The van der Waals surface area contributed by atoms with Crippen molar-refractivity contribution >= 4 is 5.69 Å². The minimum atomic E-state index is -4.98. The van der Waals surface area contributed by atoms with Crippen LogP contribution in [0.25, 0.3) is 5.69 Å². The second-order valence-corrected chi connectivity index (χ2v) is 4.39. The van der Waals surface area contributed by atoms with Crippen LogP contribution in [0.1, 0.15) is 5.69 Å². The molecule has 1 aromatic heterocycles. The first-order chi connectivity index (χ1) is 10.6. The number of halogens is 5. The van der Waals surface area contributed by atoms with Crippen LogP contribution in [-0.4, -0.2) is 9.13 Å². The lowest BCUT2D eigenvalue weighted by atomic mass is 10.2. The van der Waals surface area contributed by atoms with Gasteiger partial charge in [-0.2, -0.15) is 13.2 Å². The van der Waals surface area contributed by atoms with Gasteiger partial charge in [-0.05, 0) is 5.18 Å². The third-order valence-corrected chi connectivity index (χ3v) is 2.97. The van der Waals surface area contributed by atoms with E-state index in [1.54, 1.807) is 0 Å². The van der Waals surface area contributed by atoms with Crippen molar-refractivity contribution in [3.8, 4) is 5.69 Å². The molecular weight excluding hydrogens is 329 g/mol. The van der Waals surface area contributed by atoms with Crippen molar-refractivity contribution in [2.75, 3.05) is 0 Å². The molecular formula is C12H6F5N3O3. The zero-order chi connectivity index (χ0) is 17.5. The highest BCUT2D eigenvalue weighted by Crippen LogP contribution is 2.27. The van der Waals surface area contributed by atoms with Gasteiger partial charge in [-0.3, -0.25) is 9.36 Å². The highest BCUT2D eigenvalue weighted by Gasteiger charge is 2.35. The number of alkyl halides is 3. The standard InChI is InChI=1S/C12H6F5N3O3/c1-19-9(12(15,16)17)4-10(21)20(11(19)22)8-3-5(13)7(18-23)2-6(8)14/h2-4H,1H3. The fourth-order valence-corrected chi connectivity index (χ4v) is 1.89. The molecule has 122 valence electrons. The Kier molecular flexibility index (Phi) is 3.89. The SMILES string of the molecule is Cn1c(C(F)(F)F)cc(=O)n(-c2cc(F)c(N=O)cc2F)c1=O. The number of hydrogen-bond donors (Lipinski definition) is 0. The van der Waals surface area contributed by atoms with E-state index in [4.69, 9.17) is 0 Å². The highest BCUT2D eigenvalue weighted by atomic mass is 19.4. The number of benzene rings is 1. The van der Waals surface area contributed by atoms with E-state index >= 15 is 0 Å². The fourth-order valence-electron chi connectivity index (χ4n) is 1.89. The van der Waals surface area contributed by atoms with Crippen LogP contribution in [0.5, 0.6) is 0 Å². The van der Waals surface area contributed by atoms with Gasteiger partial charge in [0.2, 0.25) is 0 Å². The summed E-state index contributed by atoms with van der Waals surface area (Å²) in [7, 11) is 0.719. The minimum absolute atomic E-state index is 0.0161. The van der Waals surface area contributed by atoms with Crippen LogP contribution < -0.4 is 11.2 Å². The Morgan fingerprint density at radius 1 is 1.04 bits per heavy atom. The van der Waals surface area contributed by atoms with Crippen molar-refractivity contribution < 1.29 is 22.0 Å². The normalized spacial score (nSPS) is 11.6. The predicted octanol–water partition coefficient (Wildman–Crippen LogP) is 2.23. The monoisotopic (exact) mass is 335 g/mol. The Morgan fingerprint density at radius 2 is 1.65 bits per heavy atom. The van der Waals surface area contributed by atoms with Crippen molar-refractivity contribution in [1.29, 1.82) is 0 Å². The van der Waals surface area contributed by atoms with E-state index in [-0.39, 0.29) is 15.2 Å². The van der Waals surface area contributed by atoms with Gasteiger partial charge < -0.3 is 0 Å². The molecule has 0 fully saturated rings. The van der Waals surface area contributed by atoms with Crippen LogP contribution >= 0.6 is 0 Å². The lowest BCUT2D eigenvalue weighted by Gasteiger charge is -2.14. The van der Waals surface area contributed by atoms with Crippen molar-refractivity contribution in [3.63, 3.8) is 0 Å². The van der Waals surface area contributed by atoms with Crippen LogP contribution in [0.2, 0.25) is 0 Å². The summed E-state index contributed by atoms with van der Waals surface area (Å²) in [5.74, 6) is -2.72. The molecule has 0 N–H and O–H groups in total. The molecule has 0 aliphatic heterocycles. The number of nitrogens with zero attached hydrogens (tertiary/aromatic N) is 3. The molecule has 0 atom stereocenters. The average Bonchev–Trinajstić information content (AvgIpc) is 2.45. The van der Waals surface area contributed by atoms with Crippen molar-refractivity contribution in [1.82, 2.24) is 9.13 Å². The summed E-state index contributed by atoms with van der Waals surface area (Å²) < 4.78 is 65.5. The quantitative estimate of drug-likeness (QED) is 0.624. The van der Waals surface area contributed by atoms with Gasteiger partial charge in [-0.15, -0.1) is 4.91 Å². The van der Waals surface area contributed by atoms with Crippen LogP contribution in [0.3, 0.4) is 0 Å². The summed E-state index contributed by atoms with van der Waals surface area (Å²) in [6.45, 7) is 0. The minimum Gasteiger partial charge on any atom is -0.292 e. The van der Waals surface area contributed by atoms with E-state index in [9.17, 15) is 36.4 Å².